The zero-order chi connectivity index (χ0) is 21.4. The van der Waals surface area contributed by atoms with E-state index >= 15 is 0 Å². The summed E-state index contributed by atoms with van der Waals surface area (Å²) in [5.74, 6) is -2.16. The predicted octanol–water partition coefficient (Wildman–Crippen LogP) is 2.83. The Hall–Kier alpha value is -3.22. The molecule has 0 aliphatic heterocycles. The zero-order valence-corrected chi connectivity index (χ0v) is 16.6. The summed E-state index contributed by atoms with van der Waals surface area (Å²) in [6.45, 7) is 5.18. The largest absolute Gasteiger partial charge is 0.451 e. The Morgan fingerprint density at radius 1 is 0.966 bits per heavy atom. The van der Waals surface area contributed by atoms with Gasteiger partial charge >= 0.3 is 5.97 Å². The second-order valence-corrected chi connectivity index (χ2v) is 6.98. The second kappa shape index (κ2) is 10.4. The van der Waals surface area contributed by atoms with E-state index in [1.54, 1.807) is 56.3 Å². The number of amides is 2. The molecule has 0 saturated heterocycles. The van der Waals surface area contributed by atoms with Crippen LogP contribution in [0.2, 0.25) is 0 Å². The fourth-order valence-electron chi connectivity index (χ4n) is 2.55. The molecule has 0 saturated carbocycles. The molecule has 2 atom stereocenters. The number of rotatable bonds is 8. The van der Waals surface area contributed by atoms with E-state index in [0.29, 0.717) is 11.1 Å². The maximum atomic E-state index is 12.9. The van der Waals surface area contributed by atoms with Crippen molar-refractivity contribution < 1.29 is 23.5 Å². The molecule has 0 radical (unpaired) electrons. The Labute approximate surface area is 169 Å². The lowest BCUT2D eigenvalue weighted by atomic mass is 10.0. The molecule has 0 aromatic heterocycles. The summed E-state index contributed by atoms with van der Waals surface area (Å²) in [7, 11) is 0. The SMILES string of the molecule is CC(OC(=O)[C@@H](NC(=O)c1ccccc1)C(C)C)C(=O)NCc1ccc(F)cc1. The van der Waals surface area contributed by atoms with Gasteiger partial charge in [-0.2, -0.15) is 0 Å². The van der Waals surface area contributed by atoms with E-state index in [1.165, 1.54) is 19.1 Å². The first kappa shape index (κ1) is 22.1. The van der Waals surface area contributed by atoms with Crippen LogP contribution in [0, 0.1) is 11.7 Å². The molecule has 7 heteroatoms. The predicted molar refractivity (Wildman–Crippen MR) is 106 cm³/mol. The molecule has 2 N–H and O–H groups in total. The maximum absolute atomic E-state index is 12.9. The minimum Gasteiger partial charge on any atom is -0.451 e. The molecule has 0 aliphatic rings. The quantitative estimate of drug-likeness (QED) is 0.668. The van der Waals surface area contributed by atoms with Crippen LogP contribution in [0.5, 0.6) is 0 Å². The molecule has 0 spiro atoms. The lowest BCUT2D eigenvalue weighted by Gasteiger charge is -2.23. The average molecular weight is 400 g/mol. The van der Waals surface area contributed by atoms with Gasteiger partial charge in [0.1, 0.15) is 11.9 Å². The highest BCUT2D eigenvalue weighted by Gasteiger charge is 2.29. The molecule has 2 aromatic rings. The van der Waals surface area contributed by atoms with Crippen LogP contribution in [0.1, 0.15) is 36.7 Å². The minimum absolute atomic E-state index is 0.180. The first-order valence-electron chi connectivity index (χ1n) is 9.36. The number of nitrogens with one attached hydrogen (secondary N) is 2. The highest BCUT2D eigenvalue weighted by molar-refractivity contribution is 5.97. The van der Waals surface area contributed by atoms with Gasteiger partial charge in [-0.3, -0.25) is 9.59 Å². The summed E-state index contributed by atoms with van der Waals surface area (Å²) in [6, 6.07) is 13.3. The monoisotopic (exact) mass is 400 g/mol. The number of carbonyl (C=O) groups excluding carboxylic acids is 3. The van der Waals surface area contributed by atoms with Gasteiger partial charge in [0.25, 0.3) is 11.8 Å². The summed E-state index contributed by atoms with van der Waals surface area (Å²) >= 11 is 0. The molecule has 0 heterocycles. The van der Waals surface area contributed by atoms with Crippen LogP contribution >= 0.6 is 0 Å². The van der Waals surface area contributed by atoms with Gasteiger partial charge in [0.15, 0.2) is 6.10 Å². The van der Waals surface area contributed by atoms with Crippen LogP contribution in [0.3, 0.4) is 0 Å². The van der Waals surface area contributed by atoms with Gasteiger partial charge in [0.2, 0.25) is 0 Å². The fraction of sp³-hybridized carbons (Fsp3) is 0.318. The Bertz CT molecular complexity index is 838. The molecule has 2 aromatic carbocycles. The number of ether oxygens (including phenoxy) is 1. The normalized spacial score (nSPS) is 12.7. The molecule has 0 bridgehead atoms. The lowest BCUT2D eigenvalue weighted by Crippen LogP contribution is -2.47. The molecule has 6 nitrogen and oxygen atoms in total. The highest BCUT2D eigenvalue weighted by atomic mass is 19.1. The first-order valence-corrected chi connectivity index (χ1v) is 9.36. The van der Waals surface area contributed by atoms with E-state index in [-0.39, 0.29) is 18.3 Å². The Balaban J connectivity index is 1.91. The molecule has 0 fully saturated rings. The highest BCUT2D eigenvalue weighted by Crippen LogP contribution is 2.09. The summed E-state index contributed by atoms with van der Waals surface area (Å²) in [5, 5.41) is 5.29. The van der Waals surface area contributed by atoms with Gasteiger partial charge < -0.3 is 15.4 Å². The van der Waals surface area contributed by atoms with Crippen molar-refractivity contribution >= 4 is 17.8 Å². The van der Waals surface area contributed by atoms with E-state index in [2.05, 4.69) is 10.6 Å². The van der Waals surface area contributed by atoms with E-state index in [9.17, 15) is 18.8 Å². The molecular weight excluding hydrogens is 375 g/mol. The van der Waals surface area contributed by atoms with Gasteiger partial charge in [-0.25, -0.2) is 9.18 Å². The second-order valence-electron chi connectivity index (χ2n) is 6.98. The molecule has 29 heavy (non-hydrogen) atoms. The van der Waals surface area contributed by atoms with E-state index in [1.807, 2.05) is 0 Å². The van der Waals surface area contributed by atoms with Crippen LogP contribution in [-0.4, -0.2) is 29.9 Å². The molecule has 1 unspecified atom stereocenters. The van der Waals surface area contributed by atoms with Crippen molar-refractivity contribution in [3.63, 3.8) is 0 Å². The van der Waals surface area contributed by atoms with Crippen LogP contribution in [0.25, 0.3) is 0 Å². The number of hydrogen-bond acceptors (Lipinski definition) is 4. The summed E-state index contributed by atoms with van der Waals surface area (Å²) in [6.07, 6.45) is -1.04. The summed E-state index contributed by atoms with van der Waals surface area (Å²) in [4.78, 5) is 37.1. The molecule has 0 aliphatic carbocycles. The fourth-order valence-corrected chi connectivity index (χ4v) is 2.55. The maximum Gasteiger partial charge on any atom is 0.329 e. The van der Waals surface area contributed by atoms with Gasteiger partial charge in [0, 0.05) is 12.1 Å². The van der Waals surface area contributed by atoms with E-state index in [0.717, 1.165) is 0 Å². The molecule has 2 rings (SSSR count). The minimum atomic E-state index is -1.04. The smallest absolute Gasteiger partial charge is 0.329 e. The van der Waals surface area contributed by atoms with Gasteiger partial charge in [0.05, 0.1) is 0 Å². The van der Waals surface area contributed by atoms with Gasteiger partial charge in [-0.05, 0) is 42.7 Å². The lowest BCUT2D eigenvalue weighted by molar-refractivity contribution is -0.157. The van der Waals surface area contributed by atoms with Gasteiger partial charge in [-0.1, -0.05) is 44.2 Å². The van der Waals surface area contributed by atoms with E-state index in [4.69, 9.17) is 4.74 Å². The third kappa shape index (κ3) is 6.71. The topological polar surface area (TPSA) is 84.5 Å². The van der Waals surface area contributed by atoms with Crippen LogP contribution in [-0.2, 0) is 20.9 Å². The van der Waals surface area contributed by atoms with Crippen molar-refractivity contribution in [3.05, 3.63) is 71.5 Å². The van der Waals surface area contributed by atoms with Gasteiger partial charge in [-0.15, -0.1) is 0 Å². The third-order valence-electron chi connectivity index (χ3n) is 4.29. The van der Waals surface area contributed by atoms with Crippen molar-refractivity contribution in [2.75, 3.05) is 0 Å². The number of hydrogen-bond donors (Lipinski definition) is 2. The number of benzene rings is 2. The zero-order valence-electron chi connectivity index (χ0n) is 16.6. The van der Waals surface area contributed by atoms with Crippen molar-refractivity contribution in [2.24, 2.45) is 5.92 Å². The van der Waals surface area contributed by atoms with E-state index < -0.39 is 29.9 Å². The first-order chi connectivity index (χ1) is 13.8. The van der Waals surface area contributed by atoms with Crippen LogP contribution < -0.4 is 10.6 Å². The van der Waals surface area contributed by atoms with Crippen molar-refractivity contribution in [1.29, 1.82) is 0 Å². The van der Waals surface area contributed by atoms with Crippen LogP contribution in [0.4, 0.5) is 4.39 Å². The standard InChI is InChI=1S/C22H25FN2O4/c1-14(2)19(25-21(27)17-7-5-4-6-8-17)22(28)29-15(3)20(26)24-13-16-9-11-18(23)12-10-16/h4-12,14-15,19H,13H2,1-3H3,(H,24,26)(H,25,27)/t15?,19-/m0/s1. The molecule has 154 valence electrons. The Morgan fingerprint density at radius 3 is 2.17 bits per heavy atom. The summed E-state index contributed by atoms with van der Waals surface area (Å²) in [5.41, 5.74) is 1.14. The Kier molecular flexibility index (Phi) is 7.88. The van der Waals surface area contributed by atoms with Crippen molar-refractivity contribution in [3.8, 4) is 0 Å². The average Bonchev–Trinajstić information content (AvgIpc) is 2.71. The molecule has 2 amide bonds. The third-order valence-corrected chi connectivity index (χ3v) is 4.29. The molecular formula is C22H25FN2O4. The Morgan fingerprint density at radius 2 is 1.59 bits per heavy atom. The number of carbonyl (C=O) groups is 3. The summed E-state index contributed by atoms with van der Waals surface area (Å²) < 4.78 is 18.2. The van der Waals surface area contributed by atoms with Crippen molar-refractivity contribution in [2.45, 2.75) is 39.5 Å². The number of esters is 1. The van der Waals surface area contributed by atoms with Crippen molar-refractivity contribution in [1.82, 2.24) is 10.6 Å². The number of halogens is 1. The van der Waals surface area contributed by atoms with Crippen LogP contribution in [0.15, 0.2) is 54.6 Å².